The third kappa shape index (κ3) is 5.37. The third-order valence-corrected chi connectivity index (χ3v) is 7.69. The number of aromatic amines is 1. The van der Waals surface area contributed by atoms with Gasteiger partial charge in [-0.1, -0.05) is 18.2 Å². The predicted molar refractivity (Wildman–Crippen MR) is 131 cm³/mol. The van der Waals surface area contributed by atoms with Crippen LogP contribution < -0.4 is 15.2 Å². The number of carbonyl (C=O) groups excluding carboxylic acids is 1. The molecule has 4 rings (SSSR count). The van der Waals surface area contributed by atoms with Gasteiger partial charge < -0.3 is 29.2 Å². The van der Waals surface area contributed by atoms with Gasteiger partial charge in [0.25, 0.3) is 5.56 Å². The summed E-state index contributed by atoms with van der Waals surface area (Å²) in [6.45, 7) is 3.57. The van der Waals surface area contributed by atoms with Crippen molar-refractivity contribution < 1.29 is 42.5 Å². The summed E-state index contributed by atoms with van der Waals surface area (Å²) < 4.78 is 50.8. The van der Waals surface area contributed by atoms with E-state index in [9.17, 15) is 28.8 Å². The van der Waals surface area contributed by atoms with Crippen LogP contribution >= 0.6 is 7.75 Å². The number of H-pyrrole nitrogens is 1. The fourth-order valence-corrected chi connectivity index (χ4v) is 5.63. The number of halogens is 1. The Bertz CT molecular complexity index is 1430. The number of ether oxygens (including phenoxy) is 2. The van der Waals surface area contributed by atoms with Gasteiger partial charge in [-0.2, -0.15) is 5.09 Å². The number of aromatic nitrogens is 3. The molecule has 206 valence electrons. The van der Waals surface area contributed by atoms with Gasteiger partial charge in [0, 0.05) is 6.20 Å². The number of rotatable bonds is 9. The number of hydrogen-bond acceptors (Lipinski definition) is 10. The normalized spacial score (nSPS) is 25.7. The molecule has 1 fully saturated rings. The van der Waals surface area contributed by atoms with E-state index in [0.29, 0.717) is 0 Å². The van der Waals surface area contributed by atoms with Crippen LogP contribution in [0.3, 0.4) is 0 Å². The fraction of sp³-hybridized carbons (Fsp3) is 0.435. The highest BCUT2D eigenvalue weighted by atomic mass is 31.2. The minimum absolute atomic E-state index is 0.102. The summed E-state index contributed by atoms with van der Waals surface area (Å²) in [5, 5.41) is 24.1. The number of benzene rings is 1. The van der Waals surface area contributed by atoms with Crippen LogP contribution in [0.15, 0.2) is 41.3 Å². The van der Waals surface area contributed by atoms with E-state index in [2.05, 4.69) is 19.8 Å². The SMILES string of the molecule is COC(=O)[C@@H](C)NP(=O)(OC[C@H]1O[C@@H](n2cc(F)c3c(=O)[nH]c(C)nc32)[C@](C)(O)[C@@H]1O)Oc1ccccc1. The molecule has 0 spiro atoms. The number of methoxy groups -OCH3 is 1. The Balaban J connectivity index is 1.60. The van der Waals surface area contributed by atoms with Gasteiger partial charge in [0.1, 0.15) is 40.8 Å². The molecule has 0 saturated carbocycles. The van der Waals surface area contributed by atoms with Crippen LogP contribution in [0.4, 0.5) is 4.39 Å². The molecule has 1 aliphatic heterocycles. The Morgan fingerprint density at radius 2 is 2.08 bits per heavy atom. The number of nitrogens with one attached hydrogen (secondary N) is 2. The quantitative estimate of drug-likeness (QED) is 0.223. The summed E-state index contributed by atoms with van der Waals surface area (Å²) >= 11 is 0. The van der Waals surface area contributed by atoms with E-state index in [-0.39, 0.29) is 22.6 Å². The second-order valence-electron chi connectivity index (χ2n) is 9.00. The van der Waals surface area contributed by atoms with E-state index < -0.39 is 61.8 Å². The molecule has 1 aliphatic rings. The molecule has 13 nitrogen and oxygen atoms in total. The van der Waals surface area contributed by atoms with Crippen molar-refractivity contribution in [2.75, 3.05) is 13.7 Å². The van der Waals surface area contributed by atoms with E-state index >= 15 is 0 Å². The number of aryl methyl sites for hydroxylation is 1. The van der Waals surface area contributed by atoms with E-state index in [0.717, 1.165) is 17.9 Å². The predicted octanol–water partition coefficient (Wildman–Crippen LogP) is 1.54. The zero-order valence-electron chi connectivity index (χ0n) is 21.0. The maximum Gasteiger partial charge on any atom is 0.459 e. The number of hydrogen-bond donors (Lipinski definition) is 4. The number of nitrogens with zero attached hydrogens (tertiary/aromatic N) is 2. The lowest BCUT2D eigenvalue weighted by Crippen LogP contribution is -2.44. The van der Waals surface area contributed by atoms with Crippen molar-refractivity contribution in [3.63, 3.8) is 0 Å². The van der Waals surface area contributed by atoms with Gasteiger partial charge in [0.15, 0.2) is 17.7 Å². The Labute approximate surface area is 216 Å². The first-order chi connectivity index (χ1) is 17.9. The minimum Gasteiger partial charge on any atom is -0.468 e. The second-order valence-corrected chi connectivity index (χ2v) is 10.7. The molecule has 3 heterocycles. The Morgan fingerprint density at radius 1 is 1.39 bits per heavy atom. The zero-order valence-corrected chi connectivity index (χ0v) is 21.8. The molecule has 15 heteroatoms. The molecule has 0 amide bonds. The van der Waals surface area contributed by atoms with E-state index in [1.54, 1.807) is 18.2 Å². The van der Waals surface area contributed by atoms with Gasteiger partial charge in [-0.25, -0.2) is 13.9 Å². The van der Waals surface area contributed by atoms with E-state index in [4.69, 9.17) is 13.8 Å². The van der Waals surface area contributed by atoms with Crippen LogP contribution in [0.5, 0.6) is 5.75 Å². The number of esters is 1. The highest BCUT2D eigenvalue weighted by Crippen LogP contribution is 2.47. The first-order valence-electron chi connectivity index (χ1n) is 11.5. The standard InChI is InChI=1S/C23H28FN4O9P/c1-12(21(31)34-4)27-38(33,37-14-8-6-5-7-9-14)35-11-16-18(29)23(3,32)22(36-16)28-10-15(24)17-19(28)25-13(2)26-20(17)30/h5-10,12,16,18,22,29,32H,11H2,1-4H3,(H,27,33)(H,25,26,30)/t12-,16-,18-,22-,23-,38?/m1/s1. The molecule has 4 N–H and O–H groups in total. The molecular formula is C23H28FN4O9P. The molecule has 2 aromatic heterocycles. The van der Waals surface area contributed by atoms with Crippen LogP contribution in [0.2, 0.25) is 0 Å². The number of para-hydroxylation sites is 1. The van der Waals surface area contributed by atoms with Crippen molar-refractivity contribution in [3.8, 4) is 5.75 Å². The molecule has 38 heavy (non-hydrogen) atoms. The molecule has 1 unspecified atom stereocenters. The topological polar surface area (TPSA) is 174 Å². The van der Waals surface area contributed by atoms with E-state index in [1.807, 2.05) is 0 Å². The Hall–Kier alpha value is -3.13. The first-order valence-corrected chi connectivity index (χ1v) is 13.1. The molecule has 1 saturated heterocycles. The van der Waals surface area contributed by atoms with Crippen LogP contribution in [0, 0.1) is 12.7 Å². The smallest absolute Gasteiger partial charge is 0.459 e. The Kier molecular flexibility index (Phi) is 7.75. The average Bonchev–Trinajstić information content (AvgIpc) is 3.30. The van der Waals surface area contributed by atoms with Crippen molar-refractivity contribution in [2.24, 2.45) is 0 Å². The van der Waals surface area contributed by atoms with Gasteiger partial charge in [-0.15, -0.1) is 0 Å². The largest absolute Gasteiger partial charge is 0.468 e. The molecular weight excluding hydrogens is 526 g/mol. The molecule has 3 aromatic rings. The number of carbonyl (C=O) groups is 1. The average molecular weight is 554 g/mol. The van der Waals surface area contributed by atoms with Crippen LogP contribution in [-0.2, 0) is 23.4 Å². The van der Waals surface area contributed by atoms with Gasteiger partial charge in [0.2, 0.25) is 0 Å². The minimum atomic E-state index is -4.27. The molecule has 0 radical (unpaired) electrons. The van der Waals surface area contributed by atoms with Gasteiger partial charge in [-0.05, 0) is 32.9 Å². The Morgan fingerprint density at radius 3 is 2.74 bits per heavy atom. The van der Waals surface area contributed by atoms with Gasteiger partial charge in [-0.3, -0.25) is 18.7 Å². The summed E-state index contributed by atoms with van der Waals surface area (Å²) in [6, 6.07) is 6.93. The highest BCUT2D eigenvalue weighted by molar-refractivity contribution is 7.52. The van der Waals surface area contributed by atoms with Crippen LogP contribution in [0.1, 0.15) is 25.9 Å². The number of aliphatic hydroxyl groups is 2. The summed E-state index contributed by atoms with van der Waals surface area (Å²) in [5.74, 6) is -1.27. The van der Waals surface area contributed by atoms with Crippen LogP contribution in [-0.4, -0.2) is 68.3 Å². The van der Waals surface area contributed by atoms with Crippen molar-refractivity contribution in [2.45, 2.75) is 50.8 Å². The highest BCUT2D eigenvalue weighted by Gasteiger charge is 2.54. The summed E-state index contributed by atoms with van der Waals surface area (Å²) in [5.41, 5.74) is -2.83. The van der Waals surface area contributed by atoms with Gasteiger partial charge >= 0.3 is 13.7 Å². The lowest BCUT2D eigenvalue weighted by molar-refractivity contribution is -0.142. The molecule has 0 bridgehead atoms. The summed E-state index contributed by atoms with van der Waals surface area (Å²) in [4.78, 5) is 30.7. The first kappa shape index (κ1) is 27.9. The monoisotopic (exact) mass is 554 g/mol. The van der Waals surface area contributed by atoms with Crippen molar-refractivity contribution in [3.05, 3.63) is 58.5 Å². The lowest BCUT2D eigenvalue weighted by Gasteiger charge is -2.27. The lowest BCUT2D eigenvalue weighted by atomic mass is 9.96. The van der Waals surface area contributed by atoms with Crippen molar-refractivity contribution in [1.82, 2.24) is 19.6 Å². The van der Waals surface area contributed by atoms with Crippen LogP contribution in [0.25, 0.3) is 11.0 Å². The molecule has 0 aliphatic carbocycles. The molecule has 6 atom stereocenters. The van der Waals surface area contributed by atoms with Crippen molar-refractivity contribution >= 4 is 24.7 Å². The maximum atomic E-state index is 14.6. The number of aliphatic hydroxyl groups excluding tert-OH is 1. The fourth-order valence-electron chi connectivity index (χ4n) is 4.13. The summed E-state index contributed by atoms with van der Waals surface area (Å²) in [7, 11) is -3.11. The molecule has 1 aromatic carbocycles. The van der Waals surface area contributed by atoms with Crippen molar-refractivity contribution in [1.29, 1.82) is 0 Å². The third-order valence-electron chi connectivity index (χ3n) is 6.05. The summed E-state index contributed by atoms with van der Waals surface area (Å²) in [6.07, 6.45) is -3.37. The van der Waals surface area contributed by atoms with E-state index in [1.165, 1.54) is 32.9 Å². The zero-order chi connectivity index (χ0) is 27.8. The maximum absolute atomic E-state index is 14.6. The second kappa shape index (κ2) is 10.6. The number of fused-ring (bicyclic) bond motifs is 1. The van der Waals surface area contributed by atoms with Gasteiger partial charge in [0.05, 0.1) is 13.7 Å².